The second-order valence-corrected chi connectivity index (χ2v) is 4.85. The highest BCUT2D eigenvalue weighted by atomic mass is 16.5. The molecular weight excluding hydrogens is 252 g/mol. The van der Waals surface area contributed by atoms with Crippen LogP contribution in [-0.4, -0.2) is 23.6 Å². The molecule has 5 heteroatoms. The summed E-state index contributed by atoms with van der Waals surface area (Å²) in [7, 11) is 1.60. The average molecular weight is 270 g/mol. The van der Waals surface area contributed by atoms with Crippen molar-refractivity contribution in [3.63, 3.8) is 0 Å². The zero-order valence-corrected chi connectivity index (χ0v) is 11.5. The van der Waals surface area contributed by atoms with Gasteiger partial charge in [0.2, 0.25) is 5.75 Å². The molecule has 0 aliphatic carbocycles. The van der Waals surface area contributed by atoms with Crippen LogP contribution in [0.5, 0.6) is 5.75 Å². The van der Waals surface area contributed by atoms with Gasteiger partial charge in [0.25, 0.3) is 0 Å². The van der Waals surface area contributed by atoms with E-state index in [1.165, 1.54) is 24.0 Å². The van der Waals surface area contributed by atoms with E-state index < -0.39 is 0 Å². The number of nitrogen functional groups attached to an aromatic ring is 1. The number of hydrogen-bond donors (Lipinski definition) is 1. The maximum Gasteiger partial charge on any atom is 0.204 e. The number of aromatic nitrogens is 2. The van der Waals surface area contributed by atoms with Crippen molar-refractivity contribution < 1.29 is 4.74 Å². The van der Waals surface area contributed by atoms with E-state index in [1.54, 1.807) is 7.11 Å². The zero-order chi connectivity index (χ0) is 13.9. The van der Waals surface area contributed by atoms with Crippen LogP contribution in [-0.2, 0) is 6.42 Å². The summed E-state index contributed by atoms with van der Waals surface area (Å²) in [5.41, 5.74) is 8.41. The molecule has 20 heavy (non-hydrogen) atoms. The number of methoxy groups -OCH3 is 1. The number of anilines is 3. The molecule has 0 saturated carbocycles. The first-order chi connectivity index (χ1) is 9.81. The highest BCUT2D eigenvalue weighted by Gasteiger charge is 2.22. The molecular formula is C15H18N4O. The summed E-state index contributed by atoms with van der Waals surface area (Å²) in [4.78, 5) is 10.6. The van der Waals surface area contributed by atoms with Crippen molar-refractivity contribution in [2.24, 2.45) is 0 Å². The minimum atomic E-state index is 0.374. The SMILES string of the molecule is COc1c(N)ncnc1N1CCCCc2ccccc21. The Kier molecular flexibility index (Phi) is 3.41. The first-order valence-corrected chi connectivity index (χ1v) is 6.81. The molecule has 2 N–H and O–H groups in total. The van der Waals surface area contributed by atoms with Crippen LogP contribution in [0, 0.1) is 0 Å². The molecule has 2 heterocycles. The van der Waals surface area contributed by atoms with Crippen molar-refractivity contribution >= 4 is 17.3 Å². The number of benzene rings is 1. The van der Waals surface area contributed by atoms with E-state index in [0.29, 0.717) is 11.6 Å². The molecule has 2 aromatic rings. The number of fused-ring (bicyclic) bond motifs is 1. The number of ether oxygens (including phenoxy) is 1. The summed E-state index contributed by atoms with van der Waals surface area (Å²) in [6.07, 6.45) is 4.87. The van der Waals surface area contributed by atoms with E-state index in [1.807, 2.05) is 6.07 Å². The molecule has 0 radical (unpaired) electrons. The van der Waals surface area contributed by atoms with E-state index >= 15 is 0 Å². The molecule has 1 aromatic heterocycles. The number of nitrogens with two attached hydrogens (primary N) is 1. The summed E-state index contributed by atoms with van der Waals surface area (Å²) in [6.45, 7) is 0.907. The van der Waals surface area contributed by atoms with Gasteiger partial charge in [-0.25, -0.2) is 9.97 Å². The molecule has 0 bridgehead atoms. The molecule has 0 spiro atoms. The largest absolute Gasteiger partial charge is 0.490 e. The highest BCUT2D eigenvalue weighted by molar-refractivity contribution is 5.72. The van der Waals surface area contributed by atoms with Crippen molar-refractivity contribution in [3.05, 3.63) is 36.2 Å². The van der Waals surface area contributed by atoms with E-state index in [4.69, 9.17) is 10.5 Å². The standard InChI is InChI=1S/C15H18N4O/c1-20-13-14(16)17-10-18-15(13)19-9-5-4-7-11-6-2-3-8-12(11)19/h2-3,6,8,10H,4-5,7,9H2,1H3,(H2,16,17,18). The number of para-hydroxylation sites is 1. The number of aryl methyl sites for hydroxylation is 1. The van der Waals surface area contributed by atoms with Gasteiger partial charge in [0, 0.05) is 12.2 Å². The summed E-state index contributed by atoms with van der Waals surface area (Å²) in [5, 5.41) is 0. The fourth-order valence-corrected chi connectivity index (χ4v) is 2.68. The topological polar surface area (TPSA) is 64.3 Å². The second-order valence-electron chi connectivity index (χ2n) is 4.85. The Morgan fingerprint density at radius 2 is 2.05 bits per heavy atom. The van der Waals surface area contributed by atoms with Crippen LogP contribution >= 0.6 is 0 Å². The van der Waals surface area contributed by atoms with Crippen molar-refractivity contribution in [1.29, 1.82) is 0 Å². The second kappa shape index (κ2) is 5.36. The normalized spacial score (nSPS) is 14.6. The Hall–Kier alpha value is -2.30. The summed E-state index contributed by atoms with van der Waals surface area (Å²) < 4.78 is 5.39. The minimum absolute atomic E-state index is 0.374. The minimum Gasteiger partial charge on any atom is -0.490 e. The lowest BCUT2D eigenvalue weighted by molar-refractivity contribution is 0.414. The third-order valence-corrected chi connectivity index (χ3v) is 3.63. The summed E-state index contributed by atoms with van der Waals surface area (Å²) in [5.74, 6) is 1.66. The van der Waals surface area contributed by atoms with Crippen LogP contribution in [0.3, 0.4) is 0 Å². The van der Waals surface area contributed by atoms with Crippen LogP contribution in [0.1, 0.15) is 18.4 Å². The van der Waals surface area contributed by atoms with Gasteiger partial charge >= 0.3 is 0 Å². The van der Waals surface area contributed by atoms with Gasteiger partial charge in [-0.2, -0.15) is 0 Å². The lowest BCUT2D eigenvalue weighted by Crippen LogP contribution is -2.20. The number of rotatable bonds is 2. The van der Waals surface area contributed by atoms with Crippen LogP contribution in [0.2, 0.25) is 0 Å². The molecule has 0 unspecified atom stereocenters. The molecule has 3 rings (SSSR count). The summed E-state index contributed by atoms with van der Waals surface area (Å²) >= 11 is 0. The van der Waals surface area contributed by atoms with Crippen molar-refractivity contribution in [2.75, 3.05) is 24.3 Å². The fraction of sp³-hybridized carbons (Fsp3) is 0.333. The molecule has 0 saturated heterocycles. The van der Waals surface area contributed by atoms with Gasteiger partial charge in [0.1, 0.15) is 6.33 Å². The third-order valence-electron chi connectivity index (χ3n) is 3.63. The molecule has 0 amide bonds. The average Bonchev–Trinajstić information content (AvgIpc) is 2.69. The van der Waals surface area contributed by atoms with E-state index in [0.717, 1.165) is 25.2 Å². The van der Waals surface area contributed by atoms with Gasteiger partial charge in [0.05, 0.1) is 7.11 Å². The van der Waals surface area contributed by atoms with Crippen molar-refractivity contribution in [2.45, 2.75) is 19.3 Å². The smallest absolute Gasteiger partial charge is 0.204 e. The Balaban J connectivity index is 2.12. The van der Waals surface area contributed by atoms with Crippen LogP contribution in [0.25, 0.3) is 0 Å². The molecule has 5 nitrogen and oxygen atoms in total. The van der Waals surface area contributed by atoms with Crippen LogP contribution < -0.4 is 15.4 Å². The Bertz CT molecular complexity index is 615. The van der Waals surface area contributed by atoms with Gasteiger partial charge in [0.15, 0.2) is 11.6 Å². The molecule has 0 fully saturated rings. The van der Waals surface area contributed by atoms with Gasteiger partial charge in [-0.05, 0) is 30.9 Å². The van der Waals surface area contributed by atoms with Crippen molar-refractivity contribution in [3.8, 4) is 5.75 Å². The zero-order valence-electron chi connectivity index (χ0n) is 11.5. The lowest BCUT2D eigenvalue weighted by Gasteiger charge is -2.25. The van der Waals surface area contributed by atoms with Gasteiger partial charge in [-0.3, -0.25) is 0 Å². The van der Waals surface area contributed by atoms with E-state index in [9.17, 15) is 0 Å². The molecule has 1 aliphatic rings. The highest BCUT2D eigenvalue weighted by Crippen LogP contribution is 2.37. The molecule has 104 valence electrons. The van der Waals surface area contributed by atoms with E-state index in [2.05, 4.69) is 33.1 Å². The van der Waals surface area contributed by atoms with Gasteiger partial charge < -0.3 is 15.4 Å². The lowest BCUT2D eigenvalue weighted by atomic mass is 10.1. The predicted molar refractivity (Wildman–Crippen MR) is 79.4 cm³/mol. The number of hydrogen-bond acceptors (Lipinski definition) is 5. The van der Waals surface area contributed by atoms with E-state index in [-0.39, 0.29) is 0 Å². The maximum absolute atomic E-state index is 5.89. The van der Waals surface area contributed by atoms with Crippen LogP contribution in [0.15, 0.2) is 30.6 Å². The third kappa shape index (κ3) is 2.15. The summed E-state index contributed by atoms with van der Waals surface area (Å²) in [6, 6.07) is 8.42. The van der Waals surface area contributed by atoms with Crippen molar-refractivity contribution in [1.82, 2.24) is 9.97 Å². The first kappa shape index (κ1) is 12.7. The molecule has 0 atom stereocenters. The Labute approximate surface area is 118 Å². The first-order valence-electron chi connectivity index (χ1n) is 6.81. The number of nitrogens with zero attached hydrogens (tertiary/aromatic N) is 3. The van der Waals surface area contributed by atoms with Gasteiger partial charge in [-0.15, -0.1) is 0 Å². The van der Waals surface area contributed by atoms with Crippen LogP contribution in [0.4, 0.5) is 17.3 Å². The Morgan fingerprint density at radius 3 is 2.90 bits per heavy atom. The maximum atomic E-state index is 5.89. The predicted octanol–water partition coefficient (Wildman–Crippen LogP) is 2.54. The van der Waals surface area contributed by atoms with Gasteiger partial charge in [-0.1, -0.05) is 18.2 Å². The molecule has 1 aromatic carbocycles. The quantitative estimate of drug-likeness (QED) is 0.908. The monoisotopic (exact) mass is 270 g/mol. The molecule has 1 aliphatic heterocycles. The fourth-order valence-electron chi connectivity index (χ4n) is 2.68. The Morgan fingerprint density at radius 1 is 1.20 bits per heavy atom.